The van der Waals surface area contributed by atoms with Gasteiger partial charge in [-0.15, -0.1) is 0 Å². The van der Waals surface area contributed by atoms with Gasteiger partial charge in [0.2, 0.25) is 0 Å². The Balaban J connectivity index is 0.000000135. The molecule has 7 aliphatic heterocycles. The number of ether oxygens (including phenoxy) is 3. The van der Waals surface area contributed by atoms with Crippen LogP contribution in [-0.4, -0.2) is 160 Å². The van der Waals surface area contributed by atoms with Gasteiger partial charge in [0.15, 0.2) is 0 Å². The zero-order valence-electron chi connectivity index (χ0n) is 43.8. The zero-order chi connectivity index (χ0) is 52.1. The minimum atomic E-state index is -0.656. The molecule has 2 unspecified atom stereocenters. The van der Waals surface area contributed by atoms with E-state index in [1.807, 2.05) is 73.3 Å². The van der Waals surface area contributed by atoms with E-state index < -0.39 is 6.17 Å². The van der Waals surface area contributed by atoms with E-state index in [2.05, 4.69) is 62.4 Å². The maximum atomic E-state index is 12.9. The Morgan fingerprint density at radius 3 is 1.26 bits per heavy atom. The van der Waals surface area contributed by atoms with Crippen LogP contribution in [0.25, 0.3) is 0 Å². The van der Waals surface area contributed by atoms with Crippen LogP contribution in [0.15, 0.2) is 91.6 Å². The van der Waals surface area contributed by atoms with E-state index in [1.165, 1.54) is 48.2 Å². The van der Waals surface area contributed by atoms with E-state index >= 15 is 0 Å². The molecule has 18 nitrogen and oxygen atoms in total. The van der Waals surface area contributed by atoms with Gasteiger partial charge in [-0.05, 0) is 103 Å². The Labute approximate surface area is 438 Å². The fraction of sp³-hybridized carbons (Fsp3) is 0.545. The number of likely N-dealkylation sites (tertiary alicyclic amines) is 3. The first kappa shape index (κ1) is 56.1. The van der Waals surface area contributed by atoms with Gasteiger partial charge in [-0.25, -0.2) is 29.3 Å². The molecule has 7 aliphatic rings. The van der Waals surface area contributed by atoms with Crippen LogP contribution in [0.3, 0.4) is 0 Å². The molecule has 7 saturated heterocycles. The van der Waals surface area contributed by atoms with Crippen molar-refractivity contribution in [3.05, 3.63) is 119 Å². The van der Waals surface area contributed by atoms with E-state index in [0.29, 0.717) is 60.4 Å². The van der Waals surface area contributed by atoms with Crippen LogP contribution in [0.4, 0.5) is 33.5 Å². The van der Waals surface area contributed by atoms with Crippen molar-refractivity contribution in [3.8, 4) is 0 Å². The van der Waals surface area contributed by atoms with Gasteiger partial charge in [0, 0.05) is 143 Å². The molecule has 0 saturated carbocycles. The highest BCUT2D eigenvalue weighted by atomic mass is 19.1. The van der Waals surface area contributed by atoms with Crippen LogP contribution in [0, 0.1) is 5.92 Å². The lowest BCUT2D eigenvalue weighted by Gasteiger charge is -2.47. The van der Waals surface area contributed by atoms with Crippen molar-refractivity contribution in [1.82, 2.24) is 49.4 Å². The van der Waals surface area contributed by atoms with Crippen LogP contribution in [0.1, 0.15) is 73.3 Å². The molecule has 0 aromatic carbocycles. The Morgan fingerprint density at radius 2 is 0.878 bits per heavy atom. The minimum Gasteiger partial charge on any atom is -0.384 e. The molecule has 12 heterocycles. The van der Waals surface area contributed by atoms with Gasteiger partial charge in [0.25, 0.3) is 0 Å². The van der Waals surface area contributed by atoms with Crippen molar-refractivity contribution in [2.45, 2.75) is 103 Å². The summed E-state index contributed by atoms with van der Waals surface area (Å²) in [6, 6.07) is 19.3. The maximum Gasteiger partial charge on any atom is 0.123 e. The standard InChI is InChI=1S/C12H19N3O.C11H15N3O.C11H17N3O.C11H17N3.C10H14FN3/c1-16-11-4-6-15(7-5-11)9-10-2-3-12(13)14-8-10;12-11-2-1-8(4-13-11)5-14-6-9-3-10(7-14)15-9;12-11-3-2-10(8-13-11)9-14-4-1-6-15-7-5-14;1-9-4-5-14(7-9)8-10-2-3-11(12)13-6-10;11-9-3-4-14(7-9)6-8-1-2-10(12)13-5-8/h2-3,8,11H,4-7,9H2,1H3,(H2,13,14);1-2,4,9-10H,3,5-7H2,(H2,12,13);2-3,8H,1,4-7,9H2,(H2,12,13);2-3,6,9H,4-5,7-8H2,1H3,(H2,12,13);1-2,5,9H,3-4,6-7H2,(H2,12,13)/t;;;2*9-/m...11/s1. The smallest absolute Gasteiger partial charge is 0.123 e. The molecular weight excluding hydrogens is 938 g/mol. The lowest BCUT2D eigenvalue weighted by Crippen LogP contribution is -2.56. The SMILES string of the molecule is COC1CCN(Cc2ccc(N)nc2)CC1.C[C@@H]1CCN(Cc2ccc(N)nc2)C1.Nc1ccc(CN2CC3CC(C2)O3)cn1.Nc1ccc(CN2CCCOCC2)cn1.Nc1ccc(CN2CC[C@@H](F)C2)cn1. The number of morpholine rings is 1. The monoisotopic (exact) mass is 1020 g/mol. The van der Waals surface area contributed by atoms with Gasteiger partial charge in [0.1, 0.15) is 35.3 Å². The summed E-state index contributed by atoms with van der Waals surface area (Å²) < 4.78 is 29.2. The van der Waals surface area contributed by atoms with Crippen molar-refractivity contribution in [1.29, 1.82) is 0 Å². The third-order valence-corrected chi connectivity index (χ3v) is 14.0. The third-order valence-electron chi connectivity index (χ3n) is 14.0. The van der Waals surface area contributed by atoms with Crippen molar-refractivity contribution < 1.29 is 18.6 Å². The molecule has 0 aliphatic carbocycles. The predicted octanol–water partition coefficient (Wildman–Crippen LogP) is 5.51. The Bertz CT molecular complexity index is 2200. The largest absolute Gasteiger partial charge is 0.384 e. The summed E-state index contributed by atoms with van der Waals surface area (Å²) in [6.07, 6.45) is 16.5. The third kappa shape index (κ3) is 19.9. The number of anilines is 5. The normalized spacial score (nSPS) is 22.5. The Kier molecular flexibility index (Phi) is 22.3. The summed E-state index contributed by atoms with van der Waals surface area (Å²) in [5.74, 6) is 3.72. The summed E-state index contributed by atoms with van der Waals surface area (Å²) in [7, 11) is 1.80. The number of piperidine rings is 2. The molecule has 10 N–H and O–H groups in total. The molecule has 4 atom stereocenters. The van der Waals surface area contributed by atoms with Crippen LogP contribution in [0.5, 0.6) is 0 Å². The van der Waals surface area contributed by atoms with Crippen molar-refractivity contribution >= 4 is 29.1 Å². The van der Waals surface area contributed by atoms with Gasteiger partial charge in [0.05, 0.1) is 24.9 Å². The molecule has 7 fully saturated rings. The highest BCUT2D eigenvalue weighted by Crippen LogP contribution is 2.29. The second kappa shape index (κ2) is 29.5. The summed E-state index contributed by atoms with van der Waals surface area (Å²) in [6.45, 7) is 18.9. The van der Waals surface area contributed by atoms with Gasteiger partial charge in [-0.2, -0.15) is 0 Å². The lowest BCUT2D eigenvalue weighted by atomic mass is 9.98. The number of hydrogen-bond donors (Lipinski definition) is 5. The number of fused-ring (bicyclic) bond motifs is 2. The molecule has 0 spiro atoms. The van der Waals surface area contributed by atoms with Crippen molar-refractivity contribution in [2.24, 2.45) is 5.92 Å². The number of aromatic nitrogens is 5. The number of methoxy groups -OCH3 is 1. The quantitative estimate of drug-likeness (QED) is 0.110. The number of pyridine rings is 5. The predicted molar refractivity (Wildman–Crippen MR) is 292 cm³/mol. The van der Waals surface area contributed by atoms with E-state index in [0.717, 1.165) is 122 Å². The van der Waals surface area contributed by atoms with E-state index in [9.17, 15) is 4.39 Å². The number of nitrogen functional groups attached to an aromatic ring is 5. The first-order valence-electron chi connectivity index (χ1n) is 26.4. The topological polar surface area (TPSA) is 238 Å². The molecule has 0 radical (unpaired) electrons. The number of nitrogens with zero attached hydrogens (tertiary/aromatic N) is 10. The molecule has 74 heavy (non-hydrogen) atoms. The first-order chi connectivity index (χ1) is 35.9. The van der Waals surface area contributed by atoms with Gasteiger partial charge >= 0.3 is 0 Å². The Morgan fingerprint density at radius 1 is 0.486 bits per heavy atom. The van der Waals surface area contributed by atoms with E-state index in [-0.39, 0.29) is 0 Å². The minimum absolute atomic E-state index is 0.445. The summed E-state index contributed by atoms with van der Waals surface area (Å²) in [5, 5.41) is 0. The molecular formula is C55H82FN15O3. The molecule has 5 aromatic rings. The molecule has 5 aromatic heterocycles. The number of halogens is 1. The molecule has 12 rings (SSSR count). The van der Waals surface area contributed by atoms with E-state index in [1.54, 1.807) is 19.4 Å². The maximum absolute atomic E-state index is 12.9. The van der Waals surface area contributed by atoms with Crippen LogP contribution < -0.4 is 28.7 Å². The molecule has 0 amide bonds. The highest BCUT2D eigenvalue weighted by Gasteiger charge is 2.38. The van der Waals surface area contributed by atoms with Gasteiger partial charge in [-0.1, -0.05) is 37.3 Å². The Hall–Kier alpha value is -5.64. The highest BCUT2D eigenvalue weighted by molar-refractivity contribution is 5.32. The second-order valence-corrected chi connectivity index (χ2v) is 20.5. The van der Waals surface area contributed by atoms with E-state index in [4.69, 9.17) is 42.9 Å². The summed E-state index contributed by atoms with van der Waals surface area (Å²) in [5.41, 5.74) is 33.7. The number of nitrogens with two attached hydrogens (primary N) is 5. The summed E-state index contributed by atoms with van der Waals surface area (Å²) >= 11 is 0. The fourth-order valence-electron chi connectivity index (χ4n) is 9.87. The zero-order valence-corrected chi connectivity index (χ0v) is 43.8. The average molecular weight is 1020 g/mol. The lowest BCUT2D eigenvalue weighted by molar-refractivity contribution is -0.182. The second-order valence-electron chi connectivity index (χ2n) is 20.5. The van der Waals surface area contributed by atoms with Crippen LogP contribution in [-0.2, 0) is 46.9 Å². The van der Waals surface area contributed by atoms with Gasteiger partial charge < -0.3 is 42.9 Å². The first-order valence-corrected chi connectivity index (χ1v) is 26.4. The molecule has 19 heteroatoms. The fourth-order valence-corrected chi connectivity index (χ4v) is 9.87. The van der Waals surface area contributed by atoms with Crippen molar-refractivity contribution in [2.75, 3.05) is 114 Å². The number of rotatable bonds is 11. The van der Waals surface area contributed by atoms with Crippen LogP contribution >= 0.6 is 0 Å². The molecule has 402 valence electrons. The summed E-state index contributed by atoms with van der Waals surface area (Å²) in [4.78, 5) is 32.2. The van der Waals surface area contributed by atoms with Gasteiger partial charge in [-0.3, -0.25) is 24.5 Å². The number of hydrogen-bond acceptors (Lipinski definition) is 18. The number of alkyl halides is 1. The molecule has 2 bridgehead atoms. The average Bonchev–Trinajstić information content (AvgIpc) is 3.92. The van der Waals surface area contributed by atoms with Crippen molar-refractivity contribution in [3.63, 3.8) is 0 Å². The van der Waals surface area contributed by atoms with Crippen LogP contribution in [0.2, 0.25) is 0 Å².